The minimum absolute atomic E-state index is 1.32. The van der Waals surface area contributed by atoms with E-state index in [9.17, 15) is 0 Å². The number of aryl methyl sites for hydroxylation is 1. The summed E-state index contributed by atoms with van der Waals surface area (Å²) < 4.78 is 2.42. The molecule has 0 aliphatic heterocycles. The van der Waals surface area contributed by atoms with Gasteiger partial charge in [0, 0.05) is 28.6 Å². The molecule has 1 heterocycles. The minimum Gasteiger partial charge on any atom is -0.343 e. The van der Waals surface area contributed by atoms with Crippen LogP contribution in [0.1, 0.15) is 0 Å². The topological polar surface area (TPSA) is 4.93 Å². The van der Waals surface area contributed by atoms with Gasteiger partial charge in [0.05, 0.1) is 11.0 Å². The van der Waals surface area contributed by atoms with Crippen molar-refractivity contribution in [3.05, 3.63) is 97.1 Å². The molecule has 140 valence electrons. The van der Waals surface area contributed by atoms with E-state index < -0.39 is 0 Å². The molecule has 0 N–H and O–H groups in total. The molecule has 0 atom stereocenters. The van der Waals surface area contributed by atoms with E-state index in [4.69, 9.17) is 0 Å². The first-order chi connectivity index (χ1) is 14.8. The van der Waals surface area contributed by atoms with Crippen LogP contribution in [0.5, 0.6) is 0 Å². The monoisotopic (exact) mass is 381 g/mol. The Labute approximate surface area is 173 Å². The van der Waals surface area contributed by atoms with Crippen molar-refractivity contribution in [2.24, 2.45) is 7.05 Å². The third-order valence-electron chi connectivity index (χ3n) is 6.73. The highest BCUT2D eigenvalue weighted by atomic mass is 14.9. The summed E-state index contributed by atoms with van der Waals surface area (Å²) in [5, 5.41) is 13.3. The SMILES string of the molecule is Cn1c2c3ccccc3c3ccccc3c2c2c3ccccc3c3ccccc3c21. The zero-order valence-corrected chi connectivity index (χ0v) is 16.7. The third-order valence-corrected chi connectivity index (χ3v) is 6.73. The lowest BCUT2D eigenvalue weighted by molar-refractivity contribution is 1.02. The Hall–Kier alpha value is -3.84. The smallest absolute Gasteiger partial charge is 0.0575 e. The van der Waals surface area contributed by atoms with Crippen molar-refractivity contribution < 1.29 is 0 Å². The van der Waals surface area contributed by atoms with Crippen LogP contribution in [0.4, 0.5) is 0 Å². The van der Waals surface area contributed by atoms with Gasteiger partial charge in [0.15, 0.2) is 0 Å². The maximum Gasteiger partial charge on any atom is 0.0575 e. The van der Waals surface area contributed by atoms with Crippen molar-refractivity contribution in [1.82, 2.24) is 4.57 Å². The quantitative estimate of drug-likeness (QED) is 0.235. The van der Waals surface area contributed by atoms with Gasteiger partial charge < -0.3 is 4.57 Å². The minimum atomic E-state index is 1.32. The molecule has 0 radical (unpaired) electrons. The summed E-state index contributed by atoms with van der Waals surface area (Å²) in [4.78, 5) is 0. The summed E-state index contributed by atoms with van der Waals surface area (Å²) in [6.45, 7) is 0. The summed E-state index contributed by atoms with van der Waals surface area (Å²) in [5.41, 5.74) is 2.64. The lowest BCUT2D eigenvalue weighted by Gasteiger charge is -2.09. The highest BCUT2D eigenvalue weighted by Crippen LogP contribution is 2.45. The highest BCUT2D eigenvalue weighted by Gasteiger charge is 2.20. The van der Waals surface area contributed by atoms with Crippen LogP contribution in [0.15, 0.2) is 97.1 Å². The number of fused-ring (bicyclic) bond motifs is 13. The van der Waals surface area contributed by atoms with Gasteiger partial charge in [0.1, 0.15) is 0 Å². The number of benzene rings is 6. The molecule has 0 saturated heterocycles. The number of nitrogens with zero attached hydrogens (tertiary/aromatic N) is 1. The fraction of sp³-hybridized carbons (Fsp3) is 0.0345. The lowest BCUT2D eigenvalue weighted by Crippen LogP contribution is -1.90. The standard InChI is InChI=1S/C29H19N/c1-30-28-24-16-8-4-12-20(24)18-10-2-6-14-22(18)26(28)27-23-15-7-3-11-19(23)21-13-5-9-17-25(21)29(27)30/h2-17H,1H3. The van der Waals surface area contributed by atoms with Gasteiger partial charge in [0.2, 0.25) is 0 Å². The van der Waals surface area contributed by atoms with Gasteiger partial charge >= 0.3 is 0 Å². The van der Waals surface area contributed by atoms with E-state index >= 15 is 0 Å². The average molecular weight is 381 g/mol. The number of hydrogen-bond acceptors (Lipinski definition) is 0. The summed E-state index contributed by atoms with van der Waals surface area (Å²) in [6, 6.07) is 35.4. The van der Waals surface area contributed by atoms with Crippen molar-refractivity contribution in [3.8, 4) is 0 Å². The van der Waals surface area contributed by atoms with Crippen LogP contribution in [-0.4, -0.2) is 4.57 Å². The molecule has 0 amide bonds. The molecule has 1 aromatic heterocycles. The molecule has 0 bridgehead atoms. The highest BCUT2D eigenvalue weighted by molar-refractivity contribution is 6.39. The first-order valence-corrected chi connectivity index (χ1v) is 10.5. The van der Waals surface area contributed by atoms with E-state index in [1.54, 1.807) is 0 Å². The lowest BCUT2D eigenvalue weighted by atomic mass is 9.93. The second kappa shape index (κ2) is 5.61. The summed E-state index contributed by atoms with van der Waals surface area (Å²) in [5.74, 6) is 0. The van der Waals surface area contributed by atoms with Gasteiger partial charge in [-0.25, -0.2) is 0 Å². The van der Waals surface area contributed by atoms with E-state index in [1.807, 2.05) is 0 Å². The fourth-order valence-corrected chi connectivity index (χ4v) is 5.56. The molecule has 1 heteroatoms. The molecule has 0 spiro atoms. The van der Waals surface area contributed by atoms with Crippen LogP contribution in [0.25, 0.3) is 64.9 Å². The molecule has 7 rings (SSSR count). The molecule has 0 saturated carbocycles. The first kappa shape index (κ1) is 16.0. The van der Waals surface area contributed by atoms with Crippen molar-refractivity contribution >= 4 is 64.9 Å². The second-order valence-corrected chi connectivity index (χ2v) is 8.19. The molecule has 0 fully saturated rings. The Balaban J connectivity index is 1.98. The van der Waals surface area contributed by atoms with Gasteiger partial charge in [0.25, 0.3) is 0 Å². The van der Waals surface area contributed by atoms with E-state index in [-0.39, 0.29) is 0 Å². The van der Waals surface area contributed by atoms with Crippen molar-refractivity contribution in [1.29, 1.82) is 0 Å². The molecular weight excluding hydrogens is 362 g/mol. The number of hydrogen-bond donors (Lipinski definition) is 0. The molecule has 6 aromatic carbocycles. The van der Waals surface area contributed by atoms with Gasteiger partial charge in [-0.05, 0) is 32.3 Å². The van der Waals surface area contributed by atoms with Gasteiger partial charge in [-0.3, -0.25) is 0 Å². The van der Waals surface area contributed by atoms with Crippen molar-refractivity contribution in [3.63, 3.8) is 0 Å². The van der Waals surface area contributed by atoms with Crippen LogP contribution in [0, 0.1) is 0 Å². The van der Waals surface area contributed by atoms with Crippen LogP contribution < -0.4 is 0 Å². The van der Waals surface area contributed by atoms with Crippen molar-refractivity contribution in [2.75, 3.05) is 0 Å². The molecule has 7 aromatic rings. The molecule has 1 nitrogen and oxygen atoms in total. The summed E-state index contributed by atoms with van der Waals surface area (Å²) in [6.07, 6.45) is 0. The predicted octanol–water partition coefficient (Wildman–Crippen LogP) is 7.94. The van der Waals surface area contributed by atoms with E-state index in [0.29, 0.717) is 0 Å². The van der Waals surface area contributed by atoms with E-state index in [1.165, 1.54) is 64.9 Å². The van der Waals surface area contributed by atoms with Crippen LogP contribution in [0.2, 0.25) is 0 Å². The Kier molecular flexibility index (Phi) is 2.99. The van der Waals surface area contributed by atoms with Crippen molar-refractivity contribution in [2.45, 2.75) is 0 Å². The zero-order chi connectivity index (χ0) is 19.8. The predicted molar refractivity (Wildman–Crippen MR) is 130 cm³/mol. The molecule has 0 unspecified atom stereocenters. The third kappa shape index (κ3) is 1.83. The Bertz CT molecular complexity index is 1670. The summed E-state index contributed by atoms with van der Waals surface area (Å²) in [7, 11) is 2.23. The maximum atomic E-state index is 2.42. The largest absolute Gasteiger partial charge is 0.343 e. The van der Waals surface area contributed by atoms with E-state index in [2.05, 4.69) is 109 Å². The number of rotatable bonds is 0. The normalized spacial score (nSPS) is 12.2. The molecule has 0 aliphatic carbocycles. The molecule has 0 aliphatic rings. The summed E-state index contributed by atoms with van der Waals surface area (Å²) >= 11 is 0. The van der Waals surface area contributed by atoms with Gasteiger partial charge in [-0.2, -0.15) is 0 Å². The zero-order valence-electron chi connectivity index (χ0n) is 16.7. The van der Waals surface area contributed by atoms with E-state index in [0.717, 1.165) is 0 Å². The van der Waals surface area contributed by atoms with Crippen LogP contribution >= 0.6 is 0 Å². The Morgan fingerprint density at radius 3 is 1.00 bits per heavy atom. The molecular formula is C29H19N. The maximum absolute atomic E-state index is 2.42. The van der Waals surface area contributed by atoms with Gasteiger partial charge in [-0.1, -0.05) is 97.1 Å². The fourth-order valence-electron chi connectivity index (χ4n) is 5.56. The Morgan fingerprint density at radius 2 is 0.633 bits per heavy atom. The van der Waals surface area contributed by atoms with Crippen LogP contribution in [0.3, 0.4) is 0 Å². The first-order valence-electron chi connectivity index (χ1n) is 10.5. The molecule has 30 heavy (non-hydrogen) atoms. The van der Waals surface area contributed by atoms with Crippen LogP contribution in [-0.2, 0) is 7.05 Å². The Morgan fingerprint density at radius 1 is 0.367 bits per heavy atom. The second-order valence-electron chi connectivity index (χ2n) is 8.19. The van der Waals surface area contributed by atoms with Gasteiger partial charge in [-0.15, -0.1) is 0 Å². The average Bonchev–Trinajstić information content (AvgIpc) is 3.13. The number of aromatic nitrogens is 1.